The third kappa shape index (κ3) is 117. The molecule has 0 saturated heterocycles. The van der Waals surface area contributed by atoms with Crippen LogP contribution in [0.25, 0.3) is 0 Å². The molecule has 0 nitrogen and oxygen atoms in total. The van der Waals surface area contributed by atoms with Crippen LogP contribution in [0.2, 0.25) is 0 Å². The highest BCUT2D eigenvalue weighted by Gasteiger charge is 2.14. The van der Waals surface area contributed by atoms with Crippen LogP contribution >= 0.6 is 0 Å². The van der Waals surface area contributed by atoms with E-state index in [0.717, 1.165) is 47.3 Å². The maximum absolute atomic E-state index is 2.31. The molecule has 0 amide bonds. The van der Waals surface area contributed by atoms with Crippen molar-refractivity contribution in [3.63, 3.8) is 0 Å². The molecule has 0 aromatic carbocycles. The lowest BCUT2D eigenvalue weighted by molar-refractivity contribution is 0.283. The van der Waals surface area contributed by atoms with Gasteiger partial charge in [0.25, 0.3) is 0 Å². The van der Waals surface area contributed by atoms with E-state index < -0.39 is 0 Å². The number of unbranched alkanes of at least 4 members (excludes halogenated alkanes) is 1. The predicted octanol–water partition coefficient (Wildman–Crippen LogP) is 27.9. The van der Waals surface area contributed by atoms with Gasteiger partial charge in [0.05, 0.1) is 0 Å². The van der Waals surface area contributed by atoms with Crippen LogP contribution in [0.4, 0.5) is 0 Å². The minimum absolute atomic E-state index is 0.500. The van der Waals surface area contributed by atoms with Crippen molar-refractivity contribution < 1.29 is 0 Å². The Labute approximate surface area is 457 Å². The van der Waals surface area contributed by atoms with E-state index in [1.165, 1.54) is 122 Å². The molecule has 0 bridgehead atoms. The van der Waals surface area contributed by atoms with Crippen molar-refractivity contribution in [3.05, 3.63) is 0 Å². The van der Waals surface area contributed by atoms with Crippen molar-refractivity contribution in [2.45, 2.75) is 385 Å². The number of rotatable bonds is 19. The lowest BCUT2D eigenvalue weighted by Crippen LogP contribution is -2.12. The van der Waals surface area contributed by atoms with E-state index in [1.807, 2.05) is 0 Å². The van der Waals surface area contributed by atoms with Crippen LogP contribution in [-0.4, -0.2) is 0 Å². The van der Waals surface area contributed by atoms with Gasteiger partial charge in [-0.2, -0.15) is 0 Å². The zero-order chi connectivity index (χ0) is 58.6. The molecule has 0 fully saturated rings. The summed E-state index contributed by atoms with van der Waals surface area (Å²) in [5.41, 5.74) is 2.77. The summed E-state index contributed by atoms with van der Waals surface area (Å²) in [6, 6.07) is 0. The smallest absolute Gasteiger partial charge is 0.0359 e. The molecule has 0 N–H and O–H groups in total. The van der Waals surface area contributed by atoms with Gasteiger partial charge >= 0.3 is 0 Å². The lowest BCUT2D eigenvalue weighted by Gasteiger charge is -2.22. The second-order valence-electron chi connectivity index (χ2n) is 28.5. The van der Waals surface area contributed by atoms with Crippen molar-refractivity contribution >= 4 is 0 Å². The van der Waals surface area contributed by atoms with Gasteiger partial charge in [0, 0.05) is 0 Å². The monoisotopic (exact) mass is 1000 g/mol. The van der Waals surface area contributed by atoms with Crippen LogP contribution in [0.3, 0.4) is 0 Å². The summed E-state index contributed by atoms with van der Waals surface area (Å²) in [7, 11) is 0. The Balaban J connectivity index is -0.0000000714. The Bertz CT molecular complexity index is 790. The highest BCUT2D eigenvalue weighted by atomic mass is 14.2. The molecule has 1 unspecified atom stereocenters. The average molecular weight is 1000 g/mol. The average Bonchev–Trinajstić information content (AvgIpc) is 3.23. The van der Waals surface area contributed by atoms with Crippen molar-refractivity contribution in [2.24, 2.45) is 74.4 Å². The van der Waals surface area contributed by atoms with Gasteiger partial charge in [0.2, 0.25) is 0 Å². The minimum Gasteiger partial charge on any atom is -0.0654 e. The van der Waals surface area contributed by atoms with E-state index in [1.54, 1.807) is 0 Å². The first-order valence-electron chi connectivity index (χ1n) is 31.5. The zero-order valence-electron chi connectivity index (χ0n) is 58.6. The van der Waals surface area contributed by atoms with Gasteiger partial charge in [-0.15, -0.1) is 0 Å². The van der Waals surface area contributed by atoms with Crippen LogP contribution in [0, 0.1) is 74.4 Å². The fraction of sp³-hybridized carbons (Fsp3) is 1.00. The summed E-state index contributed by atoms with van der Waals surface area (Å²) in [6.07, 6.45) is 25.4. The normalized spacial score (nSPS) is 12.2. The van der Waals surface area contributed by atoms with Gasteiger partial charge in [-0.05, 0) is 93.7 Å². The molecule has 0 aromatic rings. The summed E-state index contributed by atoms with van der Waals surface area (Å²) < 4.78 is 0. The Hall–Kier alpha value is 0. The summed E-state index contributed by atoms with van der Waals surface area (Å²) in [6.45, 7) is 86.0. The van der Waals surface area contributed by atoms with Gasteiger partial charge in [-0.3, -0.25) is 0 Å². The molecule has 0 spiro atoms. The van der Waals surface area contributed by atoms with Crippen LogP contribution in [0.15, 0.2) is 0 Å². The third-order valence-corrected chi connectivity index (χ3v) is 14.6. The second-order valence-corrected chi connectivity index (χ2v) is 28.5. The second kappa shape index (κ2) is 59.9. The molecular weight excluding hydrogens is 841 g/mol. The van der Waals surface area contributed by atoms with Gasteiger partial charge < -0.3 is 0 Å². The third-order valence-electron chi connectivity index (χ3n) is 14.6. The first-order valence-corrected chi connectivity index (χ1v) is 31.5. The number of hydrogen-bond acceptors (Lipinski definition) is 0. The molecule has 0 aliphatic carbocycles. The molecule has 0 heterocycles. The predicted molar refractivity (Wildman–Crippen MR) is 343 cm³/mol. The molecule has 0 radical (unpaired) electrons. The molecule has 0 aliphatic rings. The van der Waals surface area contributed by atoms with Crippen molar-refractivity contribution in [1.29, 1.82) is 0 Å². The fourth-order valence-corrected chi connectivity index (χ4v) is 5.59. The van der Waals surface area contributed by atoms with E-state index in [-0.39, 0.29) is 0 Å². The van der Waals surface area contributed by atoms with Crippen LogP contribution < -0.4 is 0 Å². The van der Waals surface area contributed by atoms with Gasteiger partial charge in [-0.25, -0.2) is 0 Å². The Kier molecular flexibility index (Phi) is 79.2. The molecule has 0 aromatic heterocycles. The van der Waals surface area contributed by atoms with Crippen molar-refractivity contribution in [3.8, 4) is 0 Å². The van der Waals surface area contributed by atoms with E-state index in [2.05, 4.69) is 263 Å². The Morgan fingerprint density at radius 2 is 0.629 bits per heavy atom. The summed E-state index contributed by atoms with van der Waals surface area (Å²) in [5.74, 6) is 7.16. The molecule has 2 atom stereocenters. The zero-order valence-corrected chi connectivity index (χ0v) is 58.6. The highest BCUT2D eigenvalue weighted by molar-refractivity contribution is 4.65. The summed E-state index contributed by atoms with van der Waals surface area (Å²) in [4.78, 5) is 0. The molecule has 70 heavy (non-hydrogen) atoms. The van der Waals surface area contributed by atoms with Gasteiger partial charge in [0.1, 0.15) is 0 Å². The molecule has 440 valence electrons. The van der Waals surface area contributed by atoms with E-state index in [4.69, 9.17) is 0 Å². The van der Waals surface area contributed by atoms with Crippen LogP contribution in [-0.2, 0) is 0 Å². The van der Waals surface area contributed by atoms with Gasteiger partial charge in [-0.1, -0.05) is 366 Å². The lowest BCUT2D eigenvalue weighted by atomic mass is 9.84. The first-order chi connectivity index (χ1) is 31.5. The first kappa shape index (κ1) is 92.6. The topological polar surface area (TPSA) is 0 Å². The minimum atomic E-state index is 0.500. The van der Waals surface area contributed by atoms with Gasteiger partial charge in [0.15, 0.2) is 0 Å². The molecule has 0 aliphatic heterocycles. The maximum Gasteiger partial charge on any atom is -0.0359 e. The summed E-state index contributed by atoms with van der Waals surface area (Å²) >= 11 is 0. The van der Waals surface area contributed by atoms with Crippen molar-refractivity contribution in [1.82, 2.24) is 0 Å². The summed E-state index contributed by atoms with van der Waals surface area (Å²) in [5, 5.41) is 0. The molecule has 0 saturated carbocycles. The van der Waals surface area contributed by atoms with E-state index in [9.17, 15) is 0 Å². The SMILES string of the molecule is CC(C)C(C)(C)C.CC(C)CC(C)C.CCC(C)(C)CC.CCC(C)(C)CC.CCC(CC)CC.CCCC(C)(C)C.CCCC(C)(C)C.CCCC(C)CC.CCCCC(C)C.CC[C@H](C)C(C)C. The quantitative estimate of drug-likeness (QED) is 0.121. The van der Waals surface area contributed by atoms with E-state index >= 15 is 0 Å². The largest absolute Gasteiger partial charge is 0.0654 e. The molecule has 0 heteroatoms. The highest BCUT2D eigenvalue weighted by Crippen LogP contribution is 2.25. The van der Waals surface area contributed by atoms with Crippen LogP contribution in [0.5, 0.6) is 0 Å². The van der Waals surface area contributed by atoms with Crippen LogP contribution in [0.1, 0.15) is 385 Å². The fourth-order valence-electron chi connectivity index (χ4n) is 5.59. The Morgan fingerprint density at radius 1 is 0.329 bits per heavy atom. The molecule has 0 rings (SSSR count). The number of hydrogen-bond donors (Lipinski definition) is 0. The Morgan fingerprint density at radius 3 is 0.657 bits per heavy atom. The molecular formula is C70H160. The maximum atomic E-state index is 2.31. The van der Waals surface area contributed by atoms with E-state index in [0.29, 0.717) is 27.1 Å². The standard InChI is InChI=1S/10C7H16/c1-6(2)7(3,4)5;1-6(2)5-7(3)4;2*1-5-6-7(2,3)4;2*1-5-7(3,4)6-2;1-5-7(4)6(2)3;1-4-5-6-7(2)3;1-4-6-7(3)5-2;1-4-7(5-2)6-3/h6H,1-5H3;6-7H,5H2,1-4H3;4*5-6H2,1-4H3;6-7H,5H2,1-4H3;3*7H,4-6H2,1-3H3/t;;;;;;7-;;;/m......0.../s1. The van der Waals surface area contributed by atoms with Crippen molar-refractivity contribution in [2.75, 3.05) is 0 Å².